The molecule has 2 aromatic carbocycles. The fraction of sp³-hybridized carbons (Fsp3) is 0.133. The Morgan fingerprint density at radius 2 is 1.84 bits per heavy atom. The Morgan fingerprint density at radius 3 is 2.53 bits per heavy atom. The van der Waals surface area contributed by atoms with E-state index in [1.807, 2.05) is 43.3 Å². The van der Waals surface area contributed by atoms with Crippen molar-refractivity contribution in [3.63, 3.8) is 0 Å². The van der Waals surface area contributed by atoms with Crippen LogP contribution in [0, 0.1) is 6.92 Å². The summed E-state index contributed by atoms with van der Waals surface area (Å²) in [7, 11) is 1.73. The number of aryl methyl sites for hydroxylation is 1. The number of halogens is 1. The smallest absolute Gasteiger partial charge is 0.307 e. The monoisotopic (exact) mass is 274 g/mol. The maximum atomic E-state index is 12.1. The van der Waals surface area contributed by atoms with Crippen LogP contribution in [-0.4, -0.2) is 13.1 Å². The average Bonchev–Trinajstić information content (AvgIpc) is 2.43. The van der Waals surface area contributed by atoms with Gasteiger partial charge in [0.2, 0.25) is 0 Å². The highest BCUT2D eigenvalue weighted by atomic mass is 35.5. The van der Waals surface area contributed by atoms with Gasteiger partial charge in [-0.05, 0) is 36.8 Å². The van der Waals surface area contributed by atoms with Gasteiger partial charge in [-0.3, -0.25) is 4.90 Å². The molecule has 98 valence electrons. The minimum Gasteiger partial charge on any atom is -0.307 e. The molecule has 0 heterocycles. The third-order valence-corrected chi connectivity index (χ3v) is 3.12. The molecule has 19 heavy (non-hydrogen) atoms. The SMILES string of the molecule is Cc1ccc(Cl)cc1NC(=O)N(C)c1ccccc1. The first-order chi connectivity index (χ1) is 9.08. The highest BCUT2D eigenvalue weighted by Gasteiger charge is 2.11. The number of amides is 2. The third-order valence-electron chi connectivity index (χ3n) is 2.89. The molecular weight excluding hydrogens is 260 g/mol. The summed E-state index contributed by atoms with van der Waals surface area (Å²) in [5.41, 5.74) is 2.53. The van der Waals surface area contributed by atoms with E-state index in [4.69, 9.17) is 11.6 Å². The third kappa shape index (κ3) is 3.26. The second-order valence-electron chi connectivity index (χ2n) is 4.28. The van der Waals surface area contributed by atoms with Crippen LogP contribution < -0.4 is 10.2 Å². The Balaban J connectivity index is 2.15. The zero-order chi connectivity index (χ0) is 13.8. The van der Waals surface area contributed by atoms with E-state index in [1.54, 1.807) is 24.1 Å². The van der Waals surface area contributed by atoms with Gasteiger partial charge in [0.25, 0.3) is 0 Å². The summed E-state index contributed by atoms with van der Waals surface area (Å²) in [5.74, 6) is 0. The van der Waals surface area contributed by atoms with E-state index >= 15 is 0 Å². The molecule has 0 aliphatic rings. The minimum absolute atomic E-state index is 0.198. The second-order valence-corrected chi connectivity index (χ2v) is 4.72. The van der Waals surface area contributed by atoms with Crippen LogP contribution in [0.25, 0.3) is 0 Å². The lowest BCUT2D eigenvalue weighted by Gasteiger charge is -2.19. The van der Waals surface area contributed by atoms with Gasteiger partial charge in [-0.1, -0.05) is 35.9 Å². The summed E-state index contributed by atoms with van der Waals surface area (Å²) in [4.78, 5) is 13.7. The molecule has 0 fully saturated rings. The summed E-state index contributed by atoms with van der Waals surface area (Å²) >= 11 is 5.93. The number of anilines is 2. The molecular formula is C15H15ClN2O. The molecule has 2 amide bonds. The number of carbonyl (C=O) groups is 1. The van der Waals surface area contributed by atoms with Crippen molar-refractivity contribution in [2.45, 2.75) is 6.92 Å². The van der Waals surface area contributed by atoms with Crippen molar-refractivity contribution in [2.24, 2.45) is 0 Å². The lowest BCUT2D eigenvalue weighted by atomic mass is 10.2. The van der Waals surface area contributed by atoms with Crippen LogP contribution in [0.5, 0.6) is 0 Å². The van der Waals surface area contributed by atoms with Crippen LogP contribution in [-0.2, 0) is 0 Å². The van der Waals surface area contributed by atoms with E-state index in [0.29, 0.717) is 5.02 Å². The summed E-state index contributed by atoms with van der Waals surface area (Å²) in [6.45, 7) is 1.93. The van der Waals surface area contributed by atoms with Crippen molar-refractivity contribution in [3.05, 3.63) is 59.1 Å². The number of carbonyl (C=O) groups excluding carboxylic acids is 1. The van der Waals surface area contributed by atoms with Gasteiger partial charge in [0.15, 0.2) is 0 Å². The molecule has 4 heteroatoms. The van der Waals surface area contributed by atoms with Gasteiger partial charge < -0.3 is 5.32 Å². The number of para-hydroxylation sites is 1. The molecule has 0 bridgehead atoms. The molecule has 0 saturated carbocycles. The van der Waals surface area contributed by atoms with Crippen molar-refractivity contribution in [1.29, 1.82) is 0 Å². The summed E-state index contributed by atoms with van der Waals surface area (Å²) < 4.78 is 0. The lowest BCUT2D eigenvalue weighted by Crippen LogP contribution is -2.31. The summed E-state index contributed by atoms with van der Waals surface area (Å²) in [6, 6.07) is 14.7. The Bertz CT molecular complexity index is 584. The van der Waals surface area contributed by atoms with Crippen molar-refractivity contribution in [3.8, 4) is 0 Å². The number of rotatable bonds is 2. The van der Waals surface area contributed by atoms with E-state index in [1.165, 1.54) is 0 Å². The number of benzene rings is 2. The van der Waals surface area contributed by atoms with Gasteiger partial charge >= 0.3 is 6.03 Å². The van der Waals surface area contributed by atoms with Crippen LogP contribution in [0.2, 0.25) is 5.02 Å². The molecule has 0 radical (unpaired) electrons. The van der Waals surface area contributed by atoms with Crippen LogP contribution in [0.3, 0.4) is 0 Å². The molecule has 0 aliphatic carbocycles. The summed E-state index contributed by atoms with van der Waals surface area (Å²) in [5, 5.41) is 3.45. The minimum atomic E-state index is -0.198. The molecule has 0 spiro atoms. The highest BCUT2D eigenvalue weighted by Crippen LogP contribution is 2.21. The first-order valence-corrected chi connectivity index (χ1v) is 6.31. The standard InChI is InChI=1S/C15H15ClN2O/c1-11-8-9-12(16)10-14(11)17-15(19)18(2)13-6-4-3-5-7-13/h3-10H,1-2H3,(H,17,19). The fourth-order valence-corrected chi connectivity index (χ4v) is 1.87. The van der Waals surface area contributed by atoms with Crippen molar-refractivity contribution >= 4 is 29.0 Å². The first-order valence-electron chi connectivity index (χ1n) is 5.94. The summed E-state index contributed by atoms with van der Waals surface area (Å²) in [6.07, 6.45) is 0. The lowest BCUT2D eigenvalue weighted by molar-refractivity contribution is 0.258. The van der Waals surface area contributed by atoms with Gasteiger partial charge in [0.1, 0.15) is 0 Å². The Labute approximate surface area is 117 Å². The van der Waals surface area contributed by atoms with Gasteiger partial charge in [-0.15, -0.1) is 0 Å². The molecule has 2 rings (SSSR count). The zero-order valence-corrected chi connectivity index (χ0v) is 11.6. The molecule has 0 atom stereocenters. The predicted octanol–water partition coefficient (Wildman–Crippen LogP) is 4.32. The van der Waals surface area contributed by atoms with Crippen molar-refractivity contribution < 1.29 is 4.79 Å². The second kappa shape index (κ2) is 5.76. The Hall–Kier alpha value is -2.00. The molecule has 1 N–H and O–H groups in total. The number of nitrogens with zero attached hydrogens (tertiary/aromatic N) is 1. The maximum Gasteiger partial charge on any atom is 0.326 e. The molecule has 0 saturated heterocycles. The van der Waals surface area contributed by atoms with E-state index in [0.717, 1.165) is 16.9 Å². The van der Waals surface area contributed by atoms with Gasteiger partial charge in [-0.2, -0.15) is 0 Å². The van der Waals surface area contributed by atoms with Crippen LogP contribution in [0.1, 0.15) is 5.56 Å². The quantitative estimate of drug-likeness (QED) is 0.869. The van der Waals surface area contributed by atoms with Crippen molar-refractivity contribution in [2.75, 3.05) is 17.3 Å². The number of hydrogen-bond acceptors (Lipinski definition) is 1. The largest absolute Gasteiger partial charge is 0.326 e. The zero-order valence-electron chi connectivity index (χ0n) is 10.9. The van der Waals surface area contributed by atoms with E-state index in [-0.39, 0.29) is 6.03 Å². The Kier molecular flexibility index (Phi) is 4.07. The van der Waals surface area contributed by atoms with Crippen LogP contribution >= 0.6 is 11.6 Å². The average molecular weight is 275 g/mol. The Morgan fingerprint density at radius 1 is 1.16 bits per heavy atom. The first kappa shape index (κ1) is 13.4. The number of hydrogen-bond donors (Lipinski definition) is 1. The van der Waals surface area contributed by atoms with E-state index in [2.05, 4.69) is 5.32 Å². The van der Waals surface area contributed by atoms with Crippen LogP contribution in [0.15, 0.2) is 48.5 Å². The topological polar surface area (TPSA) is 32.3 Å². The number of urea groups is 1. The molecule has 0 aliphatic heterocycles. The van der Waals surface area contributed by atoms with E-state index < -0.39 is 0 Å². The highest BCUT2D eigenvalue weighted by molar-refractivity contribution is 6.31. The van der Waals surface area contributed by atoms with Crippen molar-refractivity contribution in [1.82, 2.24) is 0 Å². The predicted molar refractivity (Wildman–Crippen MR) is 80.1 cm³/mol. The van der Waals surface area contributed by atoms with Gasteiger partial charge in [0, 0.05) is 23.4 Å². The molecule has 2 aromatic rings. The number of nitrogens with one attached hydrogen (secondary N) is 1. The van der Waals surface area contributed by atoms with Gasteiger partial charge in [0.05, 0.1) is 0 Å². The van der Waals surface area contributed by atoms with Gasteiger partial charge in [-0.25, -0.2) is 4.79 Å². The fourth-order valence-electron chi connectivity index (χ4n) is 1.70. The molecule has 0 unspecified atom stereocenters. The maximum absolute atomic E-state index is 12.1. The van der Waals surface area contributed by atoms with E-state index in [9.17, 15) is 4.79 Å². The molecule has 0 aromatic heterocycles. The molecule has 3 nitrogen and oxygen atoms in total. The normalized spacial score (nSPS) is 10.1. The van der Waals surface area contributed by atoms with Crippen LogP contribution in [0.4, 0.5) is 16.2 Å².